The third-order valence-corrected chi connectivity index (χ3v) is 3.27. The molecule has 0 bridgehead atoms. The van der Waals surface area contributed by atoms with E-state index in [1.54, 1.807) is 13.8 Å². The zero-order valence-electron chi connectivity index (χ0n) is 11.2. The zero-order chi connectivity index (χ0) is 13.8. The molecule has 2 rings (SSSR count). The van der Waals surface area contributed by atoms with E-state index in [0.717, 1.165) is 19.3 Å². The topological polar surface area (TPSA) is 81.3 Å². The number of aromatic amines is 1. The summed E-state index contributed by atoms with van der Waals surface area (Å²) in [5, 5.41) is 6.56. The van der Waals surface area contributed by atoms with Crippen LogP contribution in [0.2, 0.25) is 0 Å². The summed E-state index contributed by atoms with van der Waals surface area (Å²) in [7, 11) is 0. The average Bonchev–Trinajstić information content (AvgIpc) is 2.72. The maximum atomic E-state index is 11.9. The molecule has 104 valence electrons. The summed E-state index contributed by atoms with van der Waals surface area (Å²) < 4.78 is 9.94. The number of hydrogen-bond acceptors (Lipinski definition) is 5. The normalized spacial score (nSPS) is 14.8. The predicted octanol–water partition coefficient (Wildman–Crippen LogP) is 2.03. The summed E-state index contributed by atoms with van der Waals surface area (Å²) in [4.78, 5) is 23.7. The van der Waals surface area contributed by atoms with Crippen molar-refractivity contribution in [3.05, 3.63) is 17.0 Å². The van der Waals surface area contributed by atoms with E-state index in [0.29, 0.717) is 5.56 Å². The minimum atomic E-state index is -0.490. The van der Waals surface area contributed by atoms with E-state index in [2.05, 4.69) is 10.2 Å². The summed E-state index contributed by atoms with van der Waals surface area (Å²) in [6, 6.07) is 0. The predicted molar refractivity (Wildman–Crippen MR) is 67.1 cm³/mol. The first-order valence-electron chi connectivity index (χ1n) is 6.61. The van der Waals surface area contributed by atoms with Crippen molar-refractivity contribution in [2.24, 2.45) is 0 Å². The molecule has 0 aliphatic heterocycles. The van der Waals surface area contributed by atoms with Crippen molar-refractivity contribution in [3.63, 3.8) is 0 Å². The van der Waals surface area contributed by atoms with Gasteiger partial charge in [0.25, 0.3) is 0 Å². The maximum absolute atomic E-state index is 11.9. The Morgan fingerprint density at radius 2 is 1.84 bits per heavy atom. The third-order valence-electron chi connectivity index (χ3n) is 3.27. The Hall–Kier alpha value is -1.85. The Morgan fingerprint density at radius 3 is 2.37 bits per heavy atom. The van der Waals surface area contributed by atoms with Gasteiger partial charge in [-0.25, -0.2) is 9.59 Å². The summed E-state index contributed by atoms with van der Waals surface area (Å²) in [6.45, 7) is 4.05. The molecular weight excluding hydrogens is 248 g/mol. The van der Waals surface area contributed by atoms with Crippen molar-refractivity contribution in [2.75, 3.05) is 13.2 Å². The number of rotatable bonds is 5. The molecule has 1 N–H and O–H groups in total. The van der Waals surface area contributed by atoms with Gasteiger partial charge in [0.1, 0.15) is 5.69 Å². The van der Waals surface area contributed by atoms with Crippen LogP contribution in [0.25, 0.3) is 0 Å². The largest absolute Gasteiger partial charge is 0.461 e. The molecule has 1 fully saturated rings. The number of nitrogens with one attached hydrogen (secondary N) is 1. The van der Waals surface area contributed by atoms with Crippen LogP contribution in [-0.4, -0.2) is 35.3 Å². The van der Waals surface area contributed by atoms with Gasteiger partial charge in [-0.15, -0.1) is 0 Å². The number of carbonyl (C=O) groups excluding carboxylic acids is 2. The molecule has 1 saturated carbocycles. The first-order chi connectivity index (χ1) is 9.19. The Kier molecular flexibility index (Phi) is 4.19. The summed E-state index contributed by atoms with van der Waals surface area (Å²) in [6.07, 6.45) is 3.01. The van der Waals surface area contributed by atoms with E-state index >= 15 is 0 Å². The third kappa shape index (κ3) is 2.62. The van der Waals surface area contributed by atoms with Crippen molar-refractivity contribution < 1.29 is 19.1 Å². The Morgan fingerprint density at radius 1 is 1.21 bits per heavy atom. The molecule has 1 aromatic rings. The number of hydrogen-bond donors (Lipinski definition) is 1. The minimum Gasteiger partial charge on any atom is -0.461 e. The summed E-state index contributed by atoms with van der Waals surface area (Å²) >= 11 is 0. The van der Waals surface area contributed by atoms with Gasteiger partial charge in [-0.3, -0.25) is 5.10 Å². The van der Waals surface area contributed by atoms with E-state index in [1.165, 1.54) is 0 Å². The summed E-state index contributed by atoms with van der Waals surface area (Å²) in [5.41, 5.74) is 1.16. The van der Waals surface area contributed by atoms with Gasteiger partial charge in [0.15, 0.2) is 5.69 Å². The SMILES string of the molecule is CCOC(=O)c1n[nH]c(C(=O)OCC)c1C1CCC1. The van der Waals surface area contributed by atoms with Gasteiger partial charge < -0.3 is 9.47 Å². The molecule has 1 aliphatic carbocycles. The molecule has 0 amide bonds. The highest BCUT2D eigenvalue weighted by Gasteiger charge is 2.33. The first-order valence-corrected chi connectivity index (χ1v) is 6.61. The Bertz CT molecular complexity index is 441. The molecule has 1 heterocycles. The number of ether oxygens (including phenoxy) is 2. The van der Waals surface area contributed by atoms with Crippen LogP contribution in [0.4, 0.5) is 0 Å². The van der Waals surface area contributed by atoms with Crippen LogP contribution in [0.3, 0.4) is 0 Å². The van der Waals surface area contributed by atoms with Crippen LogP contribution in [0.15, 0.2) is 0 Å². The van der Waals surface area contributed by atoms with Crippen LogP contribution in [0.1, 0.15) is 65.6 Å². The van der Waals surface area contributed by atoms with E-state index < -0.39 is 11.9 Å². The van der Waals surface area contributed by atoms with Crippen LogP contribution in [-0.2, 0) is 9.47 Å². The van der Waals surface area contributed by atoms with E-state index in [4.69, 9.17) is 9.47 Å². The van der Waals surface area contributed by atoms with Gasteiger partial charge in [-0.05, 0) is 32.6 Å². The zero-order valence-corrected chi connectivity index (χ0v) is 11.2. The second-order valence-corrected chi connectivity index (χ2v) is 4.43. The quantitative estimate of drug-likeness (QED) is 0.825. The molecule has 0 saturated heterocycles. The number of H-pyrrole nitrogens is 1. The minimum absolute atomic E-state index is 0.192. The van der Waals surface area contributed by atoms with Crippen molar-refractivity contribution in [1.29, 1.82) is 0 Å². The van der Waals surface area contributed by atoms with Crippen LogP contribution < -0.4 is 0 Å². The van der Waals surface area contributed by atoms with E-state index in [1.807, 2.05) is 0 Å². The molecule has 0 atom stereocenters. The van der Waals surface area contributed by atoms with Crippen LogP contribution >= 0.6 is 0 Å². The fourth-order valence-corrected chi connectivity index (χ4v) is 2.16. The first kappa shape index (κ1) is 13.6. The van der Waals surface area contributed by atoms with Gasteiger partial charge in [0, 0.05) is 5.56 Å². The lowest BCUT2D eigenvalue weighted by Crippen LogP contribution is -2.18. The molecule has 6 nitrogen and oxygen atoms in total. The van der Waals surface area contributed by atoms with Gasteiger partial charge in [-0.2, -0.15) is 5.10 Å². The van der Waals surface area contributed by atoms with Crippen LogP contribution in [0.5, 0.6) is 0 Å². The van der Waals surface area contributed by atoms with Gasteiger partial charge in [0.2, 0.25) is 0 Å². The molecular formula is C13H18N2O4. The number of aromatic nitrogens is 2. The van der Waals surface area contributed by atoms with Crippen molar-refractivity contribution in [1.82, 2.24) is 10.2 Å². The molecule has 19 heavy (non-hydrogen) atoms. The van der Waals surface area contributed by atoms with E-state index in [-0.39, 0.29) is 30.5 Å². The van der Waals surface area contributed by atoms with Gasteiger partial charge in [0.05, 0.1) is 13.2 Å². The molecule has 1 aromatic heterocycles. The molecule has 1 aliphatic rings. The van der Waals surface area contributed by atoms with Crippen LogP contribution in [0, 0.1) is 0 Å². The van der Waals surface area contributed by atoms with Crippen molar-refractivity contribution >= 4 is 11.9 Å². The van der Waals surface area contributed by atoms with Gasteiger partial charge >= 0.3 is 11.9 Å². The smallest absolute Gasteiger partial charge is 0.359 e. The lowest BCUT2D eigenvalue weighted by molar-refractivity contribution is 0.0513. The lowest BCUT2D eigenvalue weighted by atomic mass is 9.79. The standard InChI is InChI=1S/C13H18N2O4/c1-3-18-12(16)10-9(8-6-5-7-8)11(15-14-10)13(17)19-4-2/h8H,3-7H2,1-2H3,(H,14,15). The molecule has 0 unspecified atom stereocenters. The fraction of sp³-hybridized carbons (Fsp3) is 0.615. The number of carbonyl (C=O) groups is 2. The molecule has 0 spiro atoms. The molecule has 0 aromatic carbocycles. The average molecular weight is 266 g/mol. The van der Waals surface area contributed by atoms with E-state index in [9.17, 15) is 9.59 Å². The number of esters is 2. The Balaban J connectivity index is 2.33. The second kappa shape index (κ2) is 5.86. The Labute approximate surface area is 111 Å². The fourth-order valence-electron chi connectivity index (χ4n) is 2.16. The summed E-state index contributed by atoms with van der Waals surface area (Å²) in [5.74, 6) is -0.763. The highest BCUT2D eigenvalue weighted by Crippen LogP contribution is 2.39. The van der Waals surface area contributed by atoms with Crippen molar-refractivity contribution in [3.8, 4) is 0 Å². The van der Waals surface area contributed by atoms with Crippen molar-refractivity contribution in [2.45, 2.75) is 39.0 Å². The lowest BCUT2D eigenvalue weighted by Gasteiger charge is -2.25. The molecule has 0 radical (unpaired) electrons. The highest BCUT2D eigenvalue weighted by atomic mass is 16.5. The molecule has 6 heteroatoms. The monoisotopic (exact) mass is 266 g/mol. The number of nitrogens with zero attached hydrogens (tertiary/aromatic N) is 1. The highest BCUT2D eigenvalue weighted by molar-refractivity contribution is 5.96. The van der Waals surface area contributed by atoms with Gasteiger partial charge in [-0.1, -0.05) is 6.42 Å². The second-order valence-electron chi connectivity index (χ2n) is 4.43. The maximum Gasteiger partial charge on any atom is 0.359 e.